The van der Waals surface area contributed by atoms with Crippen molar-refractivity contribution in [2.24, 2.45) is 0 Å². The Hall–Kier alpha value is -4.25. The summed E-state index contributed by atoms with van der Waals surface area (Å²) in [4.78, 5) is 55.8. The molecular weight excluding hydrogens is 490 g/mol. The maximum atomic E-state index is 13.0. The minimum absolute atomic E-state index is 0.0409. The third-order valence-electron chi connectivity index (χ3n) is 5.74. The van der Waals surface area contributed by atoms with E-state index < -0.39 is 42.1 Å². The van der Waals surface area contributed by atoms with E-state index in [9.17, 15) is 19.2 Å². The van der Waals surface area contributed by atoms with Crippen LogP contribution in [0.2, 0.25) is 0 Å². The van der Waals surface area contributed by atoms with Crippen molar-refractivity contribution in [2.45, 2.75) is 58.7 Å². The highest BCUT2D eigenvalue weighted by atomic mass is 16.6. The number of hydrogen-bond acceptors (Lipinski definition) is 7. The molecule has 0 saturated carbocycles. The molecule has 0 fully saturated rings. The van der Waals surface area contributed by atoms with E-state index in [2.05, 4.69) is 26.6 Å². The fourth-order valence-electron chi connectivity index (χ4n) is 3.65. The molecule has 0 aliphatic rings. The fraction of sp³-hybridized carbons (Fsp3) is 0.370. The summed E-state index contributed by atoms with van der Waals surface area (Å²) in [7, 11) is 0. The molecule has 3 aromatic rings. The topological polar surface area (TPSA) is 152 Å². The Morgan fingerprint density at radius 2 is 1.79 bits per heavy atom. The maximum absolute atomic E-state index is 13.0. The van der Waals surface area contributed by atoms with E-state index in [1.165, 1.54) is 13.0 Å². The molecule has 3 rings (SSSR count). The summed E-state index contributed by atoms with van der Waals surface area (Å²) in [5, 5.41) is 13.6. The van der Waals surface area contributed by atoms with Gasteiger partial charge in [-0.1, -0.05) is 61.0 Å². The van der Waals surface area contributed by atoms with E-state index in [1.807, 2.05) is 49.4 Å². The summed E-state index contributed by atoms with van der Waals surface area (Å²) in [5.74, 6) is -2.03. The van der Waals surface area contributed by atoms with Gasteiger partial charge in [-0.05, 0) is 36.6 Å². The Balaban J connectivity index is 1.61. The lowest BCUT2D eigenvalue weighted by Crippen LogP contribution is -2.53. The van der Waals surface area contributed by atoms with Gasteiger partial charge in [0.15, 0.2) is 5.69 Å². The Kier molecular flexibility index (Phi) is 10.4. The van der Waals surface area contributed by atoms with Crippen LogP contribution in [-0.2, 0) is 25.8 Å². The number of carbonyl (C=O) groups is 4. The van der Waals surface area contributed by atoms with Gasteiger partial charge < -0.3 is 20.5 Å². The van der Waals surface area contributed by atoms with Crippen LogP contribution in [-0.4, -0.2) is 47.5 Å². The SMILES string of the molecule is CCCCONC(=O)C[C@H](NC(=O)c1cc(C)on1)C(=O)N[C@@H](C)C(=O)NCc1cccc2ccccc12. The van der Waals surface area contributed by atoms with Crippen LogP contribution in [0.25, 0.3) is 10.8 Å². The number of nitrogens with zero attached hydrogens (tertiary/aromatic N) is 1. The van der Waals surface area contributed by atoms with Gasteiger partial charge in [0.1, 0.15) is 17.8 Å². The van der Waals surface area contributed by atoms with Gasteiger partial charge in [-0.15, -0.1) is 0 Å². The Morgan fingerprint density at radius 3 is 2.53 bits per heavy atom. The first-order chi connectivity index (χ1) is 18.3. The molecule has 0 unspecified atom stereocenters. The average Bonchev–Trinajstić information content (AvgIpc) is 3.35. The minimum atomic E-state index is -1.29. The number of benzene rings is 2. The van der Waals surface area contributed by atoms with Crippen molar-refractivity contribution in [2.75, 3.05) is 6.61 Å². The van der Waals surface area contributed by atoms with E-state index in [1.54, 1.807) is 6.92 Å². The number of carbonyl (C=O) groups excluding carboxylic acids is 4. The average molecular weight is 524 g/mol. The molecule has 1 aromatic heterocycles. The molecule has 0 spiro atoms. The lowest BCUT2D eigenvalue weighted by molar-refractivity contribution is -0.137. The summed E-state index contributed by atoms with van der Waals surface area (Å²) in [5.41, 5.74) is 3.16. The van der Waals surface area contributed by atoms with Crippen LogP contribution in [0.1, 0.15) is 54.9 Å². The standard InChI is InChI=1S/C27H33N5O6/c1-4-5-13-37-32-24(33)15-22(30-27(36)23-14-17(2)38-31-23)26(35)29-18(3)25(34)28-16-20-11-8-10-19-9-6-7-12-21(19)20/h6-12,14,18,22H,4-5,13,15-16H2,1-3H3,(H,28,34)(H,29,35)(H,30,36)(H,32,33)/t18-,22-/m0/s1. The van der Waals surface area contributed by atoms with Crippen LogP contribution in [0, 0.1) is 6.92 Å². The van der Waals surface area contributed by atoms with Crippen LogP contribution in [0.3, 0.4) is 0 Å². The molecule has 0 radical (unpaired) electrons. The number of aryl methyl sites for hydroxylation is 1. The molecule has 11 heteroatoms. The lowest BCUT2D eigenvalue weighted by atomic mass is 10.0. The van der Waals surface area contributed by atoms with Crippen LogP contribution in [0.4, 0.5) is 0 Å². The second kappa shape index (κ2) is 13.9. The molecule has 1 heterocycles. The van der Waals surface area contributed by atoms with Gasteiger partial charge in [-0.3, -0.25) is 24.0 Å². The normalized spacial score (nSPS) is 12.4. The molecule has 2 atom stereocenters. The first-order valence-corrected chi connectivity index (χ1v) is 12.5. The van der Waals surface area contributed by atoms with Crippen LogP contribution < -0.4 is 21.4 Å². The summed E-state index contributed by atoms with van der Waals surface area (Å²) < 4.78 is 4.91. The molecule has 38 heavy (non-hydrogen) atoms. The predicted molar refractivity (Wildman–Crippen MR) is 140 cm³/mol. The van der Waals surface area contributed by atoms with Gasteiger partial charge in [0.05, 0.1) is 13.0 Å². The molecule has 4 amide bonds. The minimum Gasteiger partial charge on any atom is -0.361 e. The molecule has 0 aliphatic heterocycles. The zero-order valence-corrected chi connectivity index (χ0v) is 21.7. The third-order valence-corrected chi connectivity index (χ3v) is 5.74. The van der Waals surface area contributed by atoms with Crippen molar-refractivity contribution in [1.29, 1.82) is 0 Å². The van der Waals surface area contributed by atoms with E-state index in [4.69, 9.17) is 9.36 Å². The van der Waals surface area contributed by atoms with Crippen molar-refractivity contribution in [1.82, 2.24) is 26.6 Å². The predicted octanol–water partition coefficient (Wildman–Crippen LogP) is 2.29. The zero-order valence-electron chi connectivity index (χ0n) is 21.7. The van der Waals surface area contributed by atoms with Gasteiger partial charge in [0, 0.05) is 12.6 Å². The van der Waals surface area contributed by atoms with Crippen molar-refractivity contribution in [3.05, 3.63) is 65.5 Å². The molecule has 4 N–H and O–H groups in total. The van der Waals surface area contributed by atoms with Crippen molar-refractivity contribution < 1.29 is 28.5 Å². The molecule has 0 aliphatic carbocycles. The van der Waals surface area contributed by atoms with Crippen LogP contribution in [0.5, 0.6) is 0 Å². The summed E-state index contributed by atoms with van der Waals surface area (Å²) in [6.07, 6.45) is 1.22. The molecule has 202 valence electrons. The molecule has 0 saturated heterocycles. The van der Waals surface area contributed by atoms with Gasteiger partial charge >= 0.3 is 0 Å². The first kappa shape index (κ1) is 28.3. The van der Waals surface area contributed by atoms with Crippen molar-refractivity contribution >= 4 is 34.4 Å². The van der Waals surface area contributed by atoms with Crippen LogP contribution >= 0.6 is 0 Å². The number of fused-ring (bicyclic) bond motifs is 1. The number of rotatable bonds is 13. The van der Waals surface area contributed by atoms with Gasteiger partial charge in [-0.25, -0.2) is 5.48 Å². The Labute approximate surface area is 220 Å². The quantitative estimate of drug-likeness (QED) is 0.198. The second-order valence-corrected chi connectivity index (χ2v) is 8.87. The lowest BCUT2D eigenvalue weighted by Gasteiger charge is -2.20. The highest BCUT2D eigenvalue weighted by Crippen LogP contribution is 2.18. The van der Waals surface area contributed by atoms with Crippen molar-refractivity contribution in [3.8, 4) is 0 Å². The largest absolute Gasteiger partial charge is 0.361 e. The smallest absolute Gasteiger partial charge is 0.274 e. The van der Waals surface area contributed by atoms with Crippen molar-refractivity contribution in [3.63, 3.8) is 0 Å². The first-order valence-electron chi connectivity index (χ1n) is 12.5. The highest BCUT2D eigenvalue weighted by Gasteiger charge is 2.28. The Bertz CT molecular complexity index is 1270. The second-order valence-electron chi connectivity index (χ2n) is 8.87. The Morgan fingerprint density at radius 1 is 1.03 bits per heavy atom. The number of aromatic nitrogens is 1. The number of unbranched alkanes of at least 4 members (excludes halogenated alkanes) is 1. The van der Waals surface area contributed by atoms with E-state index in [0.29, 0.717) is 12.4 Å². The molecule has 2 aromatic carbocycles. The fourth-order valence-corrected chi connectivity index (χ4v) is 3.65. The van der Waals surface area contributed by atoms with Gasteiger partial charge in [-0.2, -0.15) is 0 Å². The number of hydrogen-bond donors (Lipinski definition) is 4. The zero-order chi connectivity index (χ0) is 27.5. The summed E-state index contributed by atoms with van der Waals surface area (Å²) >= 11 is 0. The number of hydroxylamine groups is 1. The van der Waals surface area contributed by atoms with E-state index >= 15 is 0 Å². The monoisotopic (exact) mass is 523 g/mol. The third kappa shape index (κ3) is 8.13. The van der Waals surface area contributed by atoms with Gasteiger partial charge in [0.25, 0.3) is 5.91 Å². The van der Waals surface area contributed by atoms with Gasteiger partial charge in [0.2, 0.25) is 17.7 Å². The maximum Gasteiger partial charge on any atom is 0.274 e. The van der Waals surface area contributed by atoms with Crippen LogP contribution in [0.15, 0.2) is 53.1 Å². The molecule has 11 nitrogen and oxygen atoms in total. The molecular formula is C27H33N5O6. The summed E-state index contributed by atoms with van der Waals surface area (Å²) in [6.45, 7) is 5.70. The molecule has 0 bridgehead atoms. The van der Waals surface area contributed by atoms with E-state index in [-0.39, 0.29) is 12.2 Å². The number of amides is 4. The van der Waals surface area contributed by atoms with E-state index in [0.717, 1.165) is 29.2 Å². The highest BCUT2D eigenvalue weighted by molar-refractivity contribution is 5.98. The summed E-state index contributed by atoms with van der Waals surface area (Å²) in [6, 6.07) is 12.8. The number of nitrogens with one attached hydrogen (secondary N) is 4.